The SMILES string of the molecule is CCCCOC(=O)CC1CCC1. The summed E-state index contributed by atoms with van der Waals surface area (Å²) in [4.78, 5) is 11.1. The molecule has 0 unspecified atom stereocenters. The van der Waals surface area contributed by atoms with Gasteiger partial charge in [-0.05, 0) is 25.2 Å². The molecule has 0 aromatic rings. The van der Waals surface area contributed by atoms with Crippen molar-refractivity contribution in [3.63, 3.8) is 0 Å². The van der Waals surface area contributed by atoms with Crippen molar-refractivity contribution >= 4 is 5.97 Å². The van der Waals surface area contributed by atoms with Crippen molar-refractivity contribution < 1.29 is 9.53 Å². The number of esters is 1. The number of carbonyl (C=O) groups is 1. The average molecular weight is 170 g/mol. The highest BCUT2D eigenvalue weighted by atomic mass is 16.5. The van der Waals surface area contributed by atoms with E-state index in [0.717, 1.165) is 12.8 Å². The van der Waals surface area contributed by atoms with Crippen LogP contribution in [-0.4, -0.2) is 12.6 Å². The molecule has 2 nitrogen and oxygen atoms in total. The molecule has 0 saturated heterocycles. The Labute approximate surface area is 74.3 Å². The molecule has 1 rings (SSSR count). The second-order valence-electron chi connectivity index (χ2n) is 3.58. The smallest absolute Gasteiger partial charge is 0.306 e. The van der Waals surface area contributed by atoms with Gasteiger partial charge in [0.25, 0.3) is 0 Å². The van der Waals surface area contributed by atoms with E-state index < -0.39 is 0 Å². The average Bonchev–Trinajstić information content (AvgIpc) is 1.98. The Kier molecular flexibility index (Phi) is 4.12. The number of carbonyl (C=O) groups excluding carboxylic acids is 1. The predicted molar refractivity (Wildman–Crippen MR) is 47.8 cm³/mol. The van der Waals surface area contributed by atoms with Crippen LogP contribution in [0.4, 0.5) is 0 Å². The Balaban J connectivity index is 1.95. The van der Waals surface area contributed by atoms with Gasteiger partial charge in [0.2, 0.25) is 0 Å². The minimum Gasteiger partial charge on any atom is -0.466 e. The third-order valence-electron chi connectivity index (χ3n) is 2.44. The molecular weight excluding hydrogens is 152 g/mol. The third-order valence-corrected chi connectivity index (χ3v) is 2.44. The third kappa shape index (κ3) is 3.24. The minimum atomic E-state index is 0.00755. The van der Waals surface area contributed by atoms with Gasteiger partial charge in [0.15, 0.2) is 0 Å². The fourth-order valence-corrected chi connectivity index (χ4v) is 1.32. The first kappa shape index (κ1) is 9.56. The molecule has 1 fully saturated rings. The Morgan fingerprint density at radius 2 is 2.25 bits per heavy atom. The molecule has 0 heterocycles. The van der Waals surface area contributed by atoms with Crippen LogP contribution < -0.4 is 0 Å². The number of rotatable bonds is 5. The van der Waals surface area contributed by atoms with Crippen LogP contribution in [0.2, 0.25) is 0 Å². The van der Waals surface area contributed by atoms with Gasteiger partial charge in [-0.2, -0.15) is 0 Å². The van der Waals surface area contributed by atoms with Gasteiger partial charge in [-0.25, -0.2) is 0 Å². The minimum absolute atomic E-state index is 0.00755. The van der Waals surface area contributed by atoms with Crippen LogP contribution in [-0.2, 0) is 9.53 Å². The van der Waals surface area contributed by atoms with E-state index in [1.54, 1.807) is 0 Å². The van der Waals surface area contributed by atoms with Crippen molar-refractivity contribution in [3.8, 4) is 0 Å². The normalized spacial score (nSPS) is 17.1. The number of hydrogen-bond acceptors (Lipinski definition) is 2. The molecule has 1 aliphatic rings. The summed E-state index contributed by atoms with van der Waals surface area (Å²) in [6, 6.07) is 0. The first-order chi connectivity index (χ1) is 5.83. The molecule has 1 aliphatic carbocycles. The molecule has 0 aromatic carbocycles. The Morgan fingerprint density at radius 3 is 2.75 bits per heavy atom. The molecule has 0 atom stereocenters. The quantitative estimate of drug-likeness (QED) is 0.468. The van der Waals surface area contributed by atoms with Crippen molar-refractivity contribution in [1.82, 2.24) is 0 Å². The zero-order valence-corrected chi connectivity index (χ0v) is 7.84. The topological polar surface area (TPSA) is 26.3 Å². The number of unbranched alkanes of at least 4 members (excludes halogenated alkanes) is 1. The molecular formula is C10H18O2. The Morgan fingerprint density at radius 1 is 1.50 bits per heavy atom. The van der Waals surface area contributed by atoms with Crippen LogP contribution in [0.25, 0.3) is 0 Å². The zero-order chi connectivity index (χ0) is 8.81. The summed E-state index contributed by atoms with van der Waals surface area (Å²) in [5, 5.41) is 0. The largest absolute Gasteiger partial charge is 0.466 e. The molecule has 12 heavy (non-hydrogen) atoms. The summed E-state index contributed by atoms with van der Waals surface area (Å²) < 4.78 is 5.05. The summed E-state index contributed by atoms with van der Waals surface area (Å²) in [6.45, 7) is 2.71. The van der Waals surface area contributed by atoms with E-state index in [4.69, 9.17) is 4.74 Å². The van der Waals surface area contributed by atoms with Crippen LogP contribution in [0.1, 0.15) is 45.4 Å². The lowest BCUT2D eigenvalue weighted by molar-refractivity contribution is -0.145. The fourth-order valence-electron chi connectivity index (χ4n) is 1.32. The molecule has 0 aliphatic heterocycles. The van der Waals surface area contributed by atoms with Crippen molar-refractivity contribution in [2.75, 3.05) is 6.61 Å². The number of ether oxygens (including phenoxy) is 1. The molecule has 0 N–H and O–H groups in total. The molecule has 2 heteroatoms. The number of hydrogen-bond donors (Lipinski definition) is 0. The second-order valence-corrected chi connectivity index (χ2v) is 3.58. The fraction of sp³-hybridized carbons (Fsp3) is 0.900. The van der Waals surface area contributed by atoms with Crippen LogP contribution in [0, 0.1) is 5.92 Å². The lowest BCUT2D eigenvalue weighted by Crippen LogP contribution is -2.17. The predicted octanol–water partition coefficient (Wildman–Crippen LogP) is 2.52. The van der Waals surface area contributed by atoms with E-state index in [-0.39, 0.29) is 5.97 Å². The molecule has 0 bridgehead atoms. The highest BCUT2D eigenvalue weighted by molar-refractivity contribution is 5.69. The van der Waals surface area contributed by atoms with E-state index in [1.165, 1.54) is 19.3 Å². The summed E-state index contributed by atoms with van der Waals surface area (Å²) >= 11 is 0. The van der Waals surface area contributed by atoms with E-state index in [9.17, 15) is 4.79 Å². The van der Waals surface area contributed by atoms with Crippen molar-refractivity contribution in [1.29, 1.82) is 0 Å². The van der Waals surface area contributed by atoms with Gasteiger partial charge >= 0.3 is 5.97 Å². The first-order valence-corrected chi connectivity index (χ1v) is 4.98. The highest BCUT2D eigenvalue weighted by Crippen LogP contribution is 2.29. The van der Waals surface area contributed by atoms with Gasteiger partial charge in [0, 0.05) is 6.42 Å². The monoisotopic (exact) mass is 170 g/mol. The zero-order valence-electron chi connectivity index (χ0n) is 7.84. The Bertz CT molecular complexity index is 139. The first-order valence-electron chi connectivity index (χ1n) is 4.98. The van der Waals surface area contributed by atoms with Gasteiger partial charge in [0.1, 0.15) is 0 Å². The van der Waals surface area contributed by atoms with E-state index in [2.05, 4.69) is 6.92 Å². The summed E-state index contributed by atoms with van der Waals surface area (Å²) in [7, 11) is 0. The molecule has 1 saturated carbocycles. The highest BCUT2D eigenvalue weighted by Gasteiger charge is 2.20. The van der Waals surface area contributed by atoms with Crippen LogP contribution in [0.15, 0.2) is 0 Å². The van der Waals surface area contributed by atoms with E-state index in [1.807, 2.05) is 0 Å². The van der Waals surface area contributed by atoms with Gasteiger partial charge in [-0.3, -0.25) is 4.79 Å². The lowest BCUT2D eigenvalue weighted by Gasteiger charge is -2.23. The van der Waals surface area contributed by atoms with Gasteiger partial charge < -0.3 is 4.74 Å². The van der Waals surface area contributed by atoms with Crippen molar-refractivity contribution in [2.45, 2.75) is 45.4 Å². The molecule has 0 amide bonds. The van der Waals surface area contributed by atoms with Crippen LogP contribution >= 0.6 is 0 Å². The molecule has 0 radical (unpaired) electrons. The van der Waals surface area contributed by atoms with Gasteiger partial charge in [-0.1, -0.05) is 19.8 Å². The van der Waals surface area contributed by atoms with Gasteiger partial charge in [0.05, 0.1) is 6.61 Å². The van der Waals surface area contributed by atoms with Gasteiger partial charge in [-0.15, -0.1) is 0 Å². The second kappa shape index (κ2) is 5.18. The van der Waals surface area contributed by atoms with Crippen LogP contribution in [0.3, 0.4) is 0 Å². The van der Waals surface area contributed by atoms with Crippen LogP contribution in [0.5, 0.6) is 0 Å². The molecule has 0 aromatic heterocycles. The molecule has 70 valence electrons. The van der Waals surface area contributed by atoms with Crippen molar-refractivity contribution in [2.24, 2.45) is 5.92 Å². The maximum atomic E-state index is 11.1. The molecule has 0 spiro atoms. The standard InChI is InChI=1S/C10H18O2/c1-2-3-7-12-10(11)8-9-5-4-6-9/h9H,2-8H2,1H3. The van der Waals surface area contributed by atoms with Crippen molar-refractivity contribution in [3.05, 3.63) is 0 Å². The lowest BCUT2D eigenvalue weighted by atomic mass is 9.83. The summed E-state index contributed by atoms with van der Waals surface area (Å²) in [6.07, 6.45) is 6.50. The van der Waals surface area contributed by atoms with E-state index >= 15 is 0 Å². The summed E-state index contributed by atoms with van der Waals surface area (Å²) in [5.74, 6) is 0.646. The Hall–Kier alpha value is -0.530. The maximum absolute atomic E-state index is 11.1. The summed E-state index contributed by atoms with van der Waals surface area (Å²) in [5.41, 5.74) is 0. The van der Waals surface area contributed by atoms with E-state index in [0.29, 0.717) is 18.9 Å². The maximum Gasteiger partial charge on any atom is 0.306 e.